The minimum atomic E-state index is -4.58. The number of carbonyl (C=O) groups is 1. The number of rotatable bonds is 6. The van der Waals surface area contributed by atoms with Crippen molar-refractivity contribution in [3.8, 4) is 11.5 Å². The van der Waals surface area contributed by atoms with E-state index in [1.54, 1.807) is 12.1 Å². The van der Waals surface area contributed by atoms with Gasteiger partial charge >= 0.3 is 12.4 Å². The normalized spacial score (nSPS) is 14.4. The van der Waals surface area contributed by atoms with Gasteiger partial charge in [-0.2, -0.15) is 26.3 Å². The zero-order valence-corrected chi connectivity index (χ0v) is 21.9. The predicted octanol–water partition coefficient (Wildman–Crippen LogP) is 7.81. The molecule has 0 unspecified atom stereocenters. The summed E-state index contributed by atoms with van der Waals surface area (Å²) in [4.78, 5) is 12.5. The molecule has 4 aromatic rings. The first-order valence-electron chi connectivity index (χ1n) is 12.0. The highest BCUT2D eigenvalue weighted by molar-refractivity contribution is 7.92. The Morgan fingerprint density at radius 2 is 1.38 bits per heavy atom. The molecule has 13 heteroatoms. The van der Waals surface area contributed by atoms with Gasteiger partial charge in [0.25, 0.3) is 15.9 Å². The van der Waals surface area contributed by atoms with Gasteiger partial charge < -0.3 is 10.1 Å². The van der Waals surface area contributed by atoms with Crippen LogP contribution in [0.25, 0.3) is 11.6 Å². The maximum Gasteiger partial charge on any atom is 0.416 e. The van der Waals surface area contributed by atoms with Gasteiger partial charge in [-0.15, -0.1) is 0 Å². The molecule has 0 spiro atoms. The third-order valence-corrected chi connectivity index (χ3v) is 7.49. The lowest BCUT2D eigenvalue weighted by molar-refractivity contribution is -0.138. The van der Waals surface area contributed by atoms with E-state index in [1.165, 1.54) is 48.5 Å². The van der Waals surface area contributed by atoms with E-state index in [0.717, 1.165) is 36.4 Å². The van der Waals surface area contributed by atoms with Crippen LogP contribution in [0.4, 0.5) is 37.7 Å². The number of halogens is 6. The Labute approximate surface area is 235 Å². The monoisotopic (exact) mass is 604 g/mol. The number of alkyl halides is 6. The van der Waals surface area contributed by atoms with Crippen LogP contribution in [0.5, 0.6) is 11.5 Å². The third kappa shape index (κ3) is 6.25. The zero-order chi connectivity index (χ0) is 30.3. The van der Waals surface area contributed by atoms with Crippen molar-refractivity contribution in [1.29, 1.82) is 0 Å². The van der Waals surface area contributed by atoms with Crippen LogP contribution in [0, 0.1) is 0 Å². The second-order valence-electron chi connectivity index (χ2n) is 9.10. The van der Waals surface area contributed by atoms with Crippen LogP contribution in [0.15, 0.2) is 95.9 Å². The van der Waals surface area contributed by atoms with Crippen LogP contribution in [-0.2, 0) is 27.2 Å². The maximum atomic E-state index is 13.0. The molecule has 0 aromatic heterocycles. The van der Waals surface area contributed by atoms with E-state index in [-0.39, 0.29) is 33.2 Å². The summed E-state index contributed by atoms with van der Waals surface area (Å²) >= 11 is 0. The summed E-state index contributed by atoms with van der Waals surface area (Å²) in [5.74, 6) is -0.382. The molecule has 4 aromatic carbocycles. The van der Waals surface area contributed by atoms with Crippen molar-refractivity contribution >= 4 is 39.0 Å². The van der Waals surface area contributed by atoms with Crippen molar-refractivity contribution in [2.45, 2.75) is 17.2 Å². The fraction of sp³-hybridized carbons (Fsp3) is 0.0690. The molecule has 1 aliphatic heterocycles. The quantitative estimate of drug-likeness (QED) is 0.174. The van der Waals surface area contributed by atoms with Crippen molar-refractivity contribution in [3.05, 3.63) is 113 Å². The van der Waals surface area contributed by atoms with Crippen molar-refractivity contribution in [2.24, 2.45) is 0 Å². The van der Waals surface area contributed by atoms with Crippen LogP contribution < -0.4 is 14.8 Å². The Bertz CT molecular complexity index is 1820. The lowest BCUT2D eigenvalue weighted by atomic mass is 10.0. The second-order valence-corrected chi connectivity index (χ2v) is 10.8. The van der Waals surface area contributed by atoms with Gasteiger partial charge in [0.05, 0.1) is 16.0 Å². The summed E-state index contributed by atoms with van der Waals surface area (Å²) in [6.07, 6.45) is -7.67. The fourth-order valence-corrected chi connectivity index (χ4v) is 5.21. The molecule has 1 heterocycles. The van der Waals surface area contributed by atoms with Crippen LogP contribution in [-0.4, -0.2) is 14.3 Å². The number of benzene rings is 4. The summed E-state index contributed by atoms with van der Waals surface area (Å²) in [5, 5.41) is 2.62. The smallest absolute Gasteiger partial charge is 0.416 e. The molecule has 0 radical (unpaired) electrons. The van der Waals surface area contributed by atoms with Gasteiger partial charge in [-0.3, -0.25) is 9.52 Å². The van der Waals surface area contributed by atoms with Crippen molar-refractivity contribution in [1.82, 2.24) is 0 Å². The highest BCUT2D eigenvalue weighted by Crippen LogP contribution is 2.37. The summed E-state index contributed by atoms with van der Waals surface area (Å²) in [6, 6.07) is 17.8. The number of nitrogens with one attached hydrogen (secondary N) is 2. The molecule has 1 amide bonds. The molecule has 0 bridgehead atoms. The van der Waals surface area contributed by atoms with Crippen LogP contribution in [0.1, 0.15) is 22.3 Å². The molecular formula is C29H18F6N2O4S. The Kier molecular flexibility index (Phi) is 7.23. The molecule has 216 valence electrons. The van der Waals surface area contributed by atoms with Gasteiger partial charge in [-0.1, -0.05) is 18.2 Å². The number of anilines is 2. The van der Waals surface area contributed by atoms with Crippen LogP contribution in [0.2, 0.25) is 0 Å². The van der Waals surface area contributed by atoms with Gasteiger partial charge in [0, 0.05) is 22.5 Å². The number of carbonyl (C=O) groups excluding carboxylic acids is 1. The lowest BCUT2D eigenvalue weighted by Crippen LogP contribution is -2.13. The van der Waals surface area contributed by atoms with Crippen LogP contribution in [0.3, 0.4) is 0 Å². The molecule has 2 N–H and O–H groups in total. The molecule has 42 heavy (non-hydrogen) atoms. The lowest BCUT2D eigenvalue weighted by Gasteiger charge is -2.11. The Morgan fingerprint density at radius 3 is 2.05 bits per heavy atom. The average Bonchev–Trinajstić information content (AvgIpc) is 3.22. The van der Waals surface area contributed by atoms with Gasteiger partial charge in [0.2, 0.25) is 0 Å². The Hall–Kier alpha value is -4.78. The average molecular weight is 605 g/mol. The van der Waals surface area contributed by atoms with E-state index in [2.05, 4.69) is 10.0 Å². The molecule has 6 nitrogen and oxygen atoms in total. The van der Waals surface area contributed by atoms with Gasteiger partial charge in [-0.25, -0.2) is 8.42 Å². The summed E-state index contributed by atoms with van der Waals surface area (Å²) < 4.78 is 111. The molecule has 0 atom stereocenters. The van der Waals surface area contributed by atoms with Crippen molar-refractivity contribution < 1.29 is 44.3 Å². The molecule has 0 saturated heterocycles. The molecular weight excluding hydrogens is 586 g/mol. The van der Waals surface area contributed by atoms with E-state index in [0.29, 0.717) is 11.3 Å². The largest absolute Gasteiger partial charge is 0.457 e. The standard InChI is InChI=1S/C29H18F6N2O4S/c30-28(31,32)18-7-9-20(10-8-18)37-42(39,40)23-11-12-26-24(16-23)25(27(38)36-26)14-17-3-1-5-21(13-17)41-22-6-2-4-19(15-22)29(33,34)35/h1-16,37H,(H,36,38). The first-order chi connectivity index (χ1) is 19.7. The van der Waals surface area contributed by atoms with E-state index in [4.69, 9.17) is 4.74 Å². The molecule has 1 aliphatic rings. The Morgan fingerprint density at radius 1 is 0.738 bits per heavy atom. The SMILES string of the molecule is O=C1Nc2ccc(S(=O)(=O)Nc3ccc(C(F)(F)F)cc3)cc2C1=Cc1cccc(Oc2cccc(C(F)(F)F)c2)c1. The number of amides is 1. The molecule has 5 rings (SSSR count). The van der Waals surface area contributed by atoms with E-state index < -0.39 is 39.4 Å². The number of sulfonamides is 1. The van der Waals surface area contributed by atoms with Crippen molar-refractivity contribution in [3.63, 3.8) is 0 Å². The zero-order valence-electron chi connectivity index (χ0n) is 21.0. The molecule has 0 fully saturated rings. The number of fused-ring (bicyclic) bond motifs is 1. The third-order valence-electron chi connectivity index (χ3n) is 6.11. The first kappa shape index (κ1) is 28.7. The first-order valence-corrected chi connectivity index (χ1v) is 13.5. The molecule has 0 saturated carbocycles. The van der Waals surface area contributed by atoms with Crippen LogP contribution >= 0.6 is 0 Å². The van der Waals surface area contributed by atoms with E-state index >= 15 is 0 Å². The minimum Gasteiger partial charge on any atom is -0.457 e. The number of ether oxygens (including phenoxy) is 1. The molecule has 0 aliphatic carbocycles. The van der Waals surface area contributed by atoms with E-state index in [1.807, 2.05) is 0 Å². The van der Waals surface area contributed by atoms with Gasteiger partial charge in [0.15, 0.2) is 0 Å². The Balaban J connectivity index is 1.40. The predicted molar refractivity (Wildman–Crippen MR) is 143 cm³/mol. The van der Waals surface area contributed by atoms with Gasteiger partial charge in [-0.05, 0) is 84.4 Å². The van der Waals surface area contributed by atoms with Gasteiger partial charge in [0.1, 0.15) is 11.5 Å². The highest BCUT2D eigenvalue weighted by atomic mass is 32.2. The fourth-order valence-electron chi connectivity index (χ4n) is 4.13. The van der Waals surface area contributed by atoms with E-state index in [9.17, 15) is 39.6 Å². The summed E-state index contributed by atoms with van der Waals surface area (Å²) in [6.45, 7) is 0. The maximum absolute atomic E-state index is 13.0. The summed E-state index contributed by atoms with van der Waals surface area (Å²) in [5.41, 5.74) is -0.786. The van der Waals surface area contributed by atoms with Crippen molar-refractivity contribution in [2.75, 3.05) is 10.0 Å². The number of hydrogen-bond acceptors (Lipinski definition) is 4. The topological polar surface area (TPSA) is 84.5 Å². The highest BCUT2D eigenvalue weighted by Gasteiger charge is 2.32. The summed E-state index contributed by atoms with van der Waals surface area (Å²) in [7, 11) is -4.25. The number of hydrogen-bond donors (Lipinski definition) is 2. The minimum absolute atomic E-state index is 0.0472. The second kappa shape index (κ2) is 10.6.